The quantitative estimate of drug-likeness (QED) is 0.645. The summed E-state index contributed by atoms with van der Waals surface area (Å²) >= 11 is 0. The maximum Gasteiger partial charge on any atom is 0.190 e. The van der Waals surface area contributed by atoms with Crippen molar-refractivity contribution in [2.75, 3.05) is 13.7 Å². The van der Waals surface area contributed by atoms with E-state index in [9.17, 15) is 9.59 Å². The minimum Gasteiger partial charge on any atom is -0.366 e. The third-order valence-corrected chi connectivity index (χ3v) is 2.79. The number of rotatable bonds is 4. The molecule has 0 spiro atoms. The van der Waals surface area contributed by atoms with Gasteiger partial charge in [0.05, 0.1) is 6.04 Å². The molecule has 1 saturated heterocycles. The molecule has 15 heavy (non-hydrogen) atoms. The summed E-state index contributed by atoms with van der Waals surface area (Å²) in [4.78, 5) is 24.3. The zero-order valence-corrected chi connectivity index (χ0v) is 9.45. The van der Waals surface area contributed by atoms with Crippen LogP contribution in [-0.4, -0.2) is 42.4 Å². The van der Waals surface area contributed by atoms with Crippen LogP contribution in [0.25, 0.3) is 0 Å². The third kappa shape index (κ3) is 2.11. The largest absolute Gasteiger partial charge is 0.366 e. The van der Waals surface area contributed by atoms with Crippen LogP contribution in [0.5, 0.6) is 0 Å². The number of nitrogens with zero attached hydrogens (tertiary/aromatic N) is 1. The van der Waals surface area contributed by atoms with Crippen LogP contribution in [0.3, 0.4) is 0 Å². The minimum atomic E-state index is -0.714. The van der Waals surface area contributed by atoms with Crippen molar-refractivity contribution in [2.45, 2.75) is 38.8 Å². The highest BCUT2D eigenvalue weighted by Gasteiger charge is 2.42. The van der Waals surface area contributed by atoms with Gasteiger partial charge < -0.3 is 9.64 Å². The van der Waals surface area contributed by atoms with Gasteiger partial charge in [-0.3, -0.25) is 4.79 Å². The fourth-order valence-electron chi connectivity index (χ4n) is 1.85. The Labute approximate surface area is 89.9 Å². The summed E-state index contributed by atoms with van der Waals surface area (Å²) in [7, 11) is 1.44. The van der Waals surface area contributed by atoms with Crippen molar-refractivity contribution in [3.8, 4) is 0 Å². The first-order chi connectivity index (χ1) is 7.17. The SMILES string of the molecule is CCCCN1C(=C=O)C(OC)C(=O)C1C. The number of Topliss-reactive ketones (excluding diaryl/α,β-unsaturated/α-hetero) is 1. The highest BCUT2D eigenvalue weighted by atomic mass is 16.5. The number of unbranched alkanes of at least 4 members (excludes halogenated alkanes) is 1. The Hall–Kier alpha value is -1.12. The summed E-state index contributed by atoms with van der Waals surface area (Å²) in [5.74, 6) is 1.78. The van der Waals surface area contributed by atoms with Gasteiger partial charge in [-0.1, -0.05) is 13.3 Å². The maximum atomic E-state index is 11.7. The maximum absolute atomic E-state index is 11.7. The molecule has 84 valence electrons. The molecule has 0 N–H and O–H groups in total. The van der Waals surface area contributed by atoms with Crippen LogP contribution in [-0.2, 0) is 14.3 Å². The van der Waals surface area contributed by atoms with E-state index in [1.54, 1.807) is 11.8 Å². The van der Waals surface area contributed by atoms with E-state index in [0.29, 0.717) is 12.2 Å². The summed E-state index contributed by atoms with van der Waals surface area (Å²) in [5.41, 5.74) is 0.350. The molecule has 1 heterocycles. The van der Waals surface area contributed by atoms with E-state index in [4.69, 9.17) is 4.74 Å². The van der Waals surface area contributed by atoms with Gasteiger partial charge in [0.1, 0.15) is 11.6 Å². The van der Waals surface area contributed by atoms with Gasteiger partial charge in [-0.25, -0.2) is 4.79 Å². The lowest BCUT2D eigenvalue weighted by atomic mass is 10.2. The van der Waals surface area contributed by atoms with Crippen LogP contribution in [0.4, 0.5) is 0 Å². The van der Waals surface area contributed by atoms with Gasteiger partial charge >= 0.3 is 0 Å². The van der Waals surface area contributed by atoms with Crippen molar-refractivity contribution in [1.29, 1.82) is 0 Å². The molecule has 2 atom stereocenters. The molecule has 1 fully saturated rings. The average molecular weight is 211 g/mol. The first-order valence-electron chi connectivity index (χ1n) is 5.25. The molecule has 0 saturated carbocycles. The molecule has 0 aliphatic carbocycles. The van der Waals surface area contributed by atoms with Crippen LogP contribution in [0.2, 0.25) is 0 Å². The fraction of sp³-hybridized carbons (Fsp3) is 0.727. The van der Waals surface area contributed by atoms with Crippen molar-refractivity contribution >= 4 is 11.7 Å². The molecule has 4 heteroatoms. The summed E-state index contributed by atoms with van der Waals surface area (Å²) in [6, 6.07) is -0.266. The standard InChI is InChI=1S/C11H17NO3/c1-4-5-6-12-8(2)10(14)11(15-3)9(12)7-13/h8,11H,4-6H2,1-3H3. The van der Waals surface area contributed by atoms with Crippen molar-refractivity contribution in [3.63, 3.8) is 0 Å². The topological polar surface area (TPSA) is 46.6 Å². The first kappa shape index (κ1) is 12.0. The van der Waals surface area contributed by atoms with Gasteiger partial charge in [0.2, 0.25) is 0 Å². The Kier molecular flexibility index (Phi) is 4.06. The van der Waals surface area contributed by atoms with E-state index >= 15 is 0 Å². The van der Waals surface area contributed by atoms with Gasteiger partial charge in [0, 0.05) is 13.7 Å². The monoisotopic (exact) mass is 211 g/mol. The van der Waals surface area contributed by atoms with Gasteiger partial charge in [0.15, 0.2) is 11.9 Å². The van der Waals surface area contributed by atoms with Crippen molar-refractivity contribution in [3.05, 3.63) is 5.70 Å². The van der Waals surface area contributed by atoms with E-state index in [1.165, 1.54) is 7.11 Å². The molecule has 0 aromatic heterocycles. The number of carbonyl (C=O) groups excluding carboxylic acids is 2. The molecule has 1 rings (SSSR count). The van der Waals surface area contributed by atoms with Gasteiger partial charge in [-0.2, -0.15) is 0 Å². The zero-order valence-electron chi connectivity index (χ0n) is 9.45. The van der Waals surface area contributed by atoms with Crippen LogP contribution in [0, 0.1) is 0 Å². The van der Waals surface area contributed by atoms with Crippen LogP contribution in [0.15, 0.2) is 5.70 Å². The molecule has 4 nitrogen and oxygen atoms in total. The van der Waals surface area contributed by atoms with E-state index in [2.05, 4.69) is 6.92 Å². The van der Waals surface area contributed by atoms with Crippen LogP contribution >= 0.6 is 0 Å². The van der Waals surface area contributed by atoms with E-state index < -0.39 is 6.10 Å². The third-order valence-electron chi connectivity index (χ3n) is 2.79. The van der Waals surface area contributed by atoms with Crippen molar-refractivity contribution in [1.82, 2.24) is 4.90 Å². The molecule has 0 bridgehead atoms. The Morgan fingerprint density at radius 3 is 2.67 bits per heavy atom. The second-order valence-corrected chi connectivity index (χ2v) is 3.73. The number of methoxy groups -OCH3 is 1. The lowest BCUT2D eigenvalue weighted by molar-refractivity contribution is -0.126. The lowest BCUT2D eigenvalue weighted by Crippen LogP contribution is -2.30. The number of likely N-dealkylation sites (tertiary alicyclic amines) is 1. The predicted octanol–water partition coefficient (Wildman–Crippen LogP) is 0.790. The van der Waals surface area contributed by atoms with Crippen molar-refractivity contribution in [2.24, 2.45) is 0 Å². The average Bonchev–Trinajstić information content (AvgIpc) is 2.48. The number of ketones is 1. The van der Waals surface area contributed by atoms with Crippen LogP contribution in [0.1, 0.15) is 26.7 Å². The smallest absolute Gasteiger partial charge is 0.190 e. The summed E-state index contributed by atoms with van der Waals surface area (Å²) in [5, 5.41) is 0. The van der Waals surface area contributed by atoms with Gasteiger partial charge in [-0.15, -0.1) is 0 Å². The number of hydrogen-bond donors (Lipinski definition) is 0. The number of ether oxygens (including phenoxy) is 1. The summed E-state index contributed by atoms with van der Waals surface area (Å²) in [6.45, 7) is 4.59. The van der Waals surface area contributed by atoms with Gasteiger partial charge in [0.25, 0.3) is 0 Å². The Morgan fingerprint density at radius 2 is 2.20 bits per heavy atom. The highest BCUT2D eigenvalue weighted by molar-refractivity contribution is 5.96. The fourth-order valence-corrected chi connectivity index (χ4v) is 1.85. The Morgan fingerprint density at radius 1 is 1.53 bits per heavy atom. The first-order valence-corrected chi connectivity index (χ1v) is 5.25. The molecule has 1 aliphatic rings. The van der Waals surface area contributed by atoms with E-state index in [-0.39, 0.29) is 11.8 Å². The summed E-state index contributed by atoms with van der Waals surface area (Å²) in [6.07, 6.45) is 1.27. The van der Waals surface area contributed by atoms with Crippen molar-refractivity contribution < 1.29 is 14.3 Å². The molecule has 0 aromatic carbocycles. The molecular formula is C11H17NO3. The molecule has 0 aromatic rings. The van der Waals surface area contributed by atoms with Crippen LogP contribution < -0.4 is 0 Å². The lowest BCUT2D eigenvalue weighted by Gasteiger charge is -2.21. The molecule has 1 aliphatic heterocycles. The second kappa shape index (κ2) is 5.10. The molecule has 0 radical (unpaired) electrons. The van der Waals surface area contributed by atoms with E-state index in [1.807, 2.05) is 5.94 Å². The zero-order chi connectivity index (χ0) is 11.4. The molecule has 2 unspecified atom stereocenters. The molecular weight excluding hydrogens is 194 g/mol. The Bertz CT molecular complexity index is 294. The number of hydrogen-bond acceptors (Lipinski definition) is 4. The minimum absolute atomic E-state index is 0.0491. The normalized spacial score (nSPS) is 25.9. The Balaban J connectivity index is 2.87. The number of carbonyl (C=O) groups is 1. The summed E-state index contributed by atoms with van der Waals surface area (Å²) < 4.78 is 5.02. The highest BCUT2D eigenvalue weighted by Crippen LogP contribution is 2.25. The van der Waals surface area contributed by atoms with E-state index in [0.717, 1.165) is 12.8 Å². The second-order valence-electron chi connectivity index (χ2n) is 3.73. The predicted molar refractivity (Wildman–Crippen MR) is 56.1 cm³/mol. The van der Waals surface area contributed by atoms with Gasteiger partial charge in [-0.05, 0) is 13.3 Å². The molecule has 0 amide bonds.